The summed E-state index contributed by atoms with van der Waals surface area (Å²) < 4.78 is 0. The Kier molecular flexibility index (Phi) is 4.77. The molecule has 3 heteroatoms. The molecule has 0 aliphatic heterocycles. The second kappa shape index (κ2) is 5.64. The normalized spacial score (nSPS) is 14.1. The van der Waals surface area contributed by atoms with E-state index in [1.807, 2.05) is 18.3 Å². The molecule has 0 aliphatic carbocycles. The topological polar surface area (TPSA) is 38.0 Å². The first-order chi connectivity index (χ1) is 7.02. The molecule has 1 heterocycles. The molecule has 0 saturated heterocycles. The van der Waals surface area contributed by atoms with Gasteiger partial charge >= 0.3 is 0 Å². The summed E-state index contributed by atoms with van der Waals surface area (Å²) in [6, 6.07) is 4.61. The molecule has 0 fully saturated rings. The largest absolute Gasteiger partial charge is 0.328 e. The molecule has 2 nitrogen and oxygen atoms in total. The molecule has 1 unspecified atom stereocenters. The smallest absolute Gasteiger partial charge is 0.0115 e. The molecule has 0 amide bonds. The van der Waals surface area contributed by atoms with E-state index in [-0.39, 0.29) is 5.41 Å². The third-order valence-corrected chi connectivity index (χ3v) is 3.77. The van der Waals surface area contributed by atoms with E-state index < -0.39 is 0 Å². The lowest BCUT2D eigenvalue weighted by Gasteiger charge is -2.24. The molecule has 0 aromatic carbocycles. The van der Waals surface area contributed by atoms with Crippen molar-refractivity contribution in [1.29, 1.82) is 0 Å². The maximum atomic E-state index is 5.70. The van der Waals surface area contributed by atoms with Crippen LogP contribution in [0.15, 0.2) is 17.5 Å². The first kappa shape index (κ1) is 12.7. The summed E-state index contributed by atoms with van der Waals surface area (Å²) >= 11 is 1.83. The van der Waals surface area contributed by atoms with Gasteiger partial charge in [0.2, 0.25) is 0 Å². The highest BCUT2D eigenvalue weighted by molar-refractivity contribution is 7.10. The van der Waals surface area contributed by atoms with Crippen LogP contribution >= 0.6 is 11.3 Å². The van der Waals surface area contributed by atoms with Crippen LogP contribution in [0.5, 0.6) is 0 Å². The molecule has 1 aromatic rings. The molecule has 0 saturated carbocycles. The highest BCUT2D eigenvalue weighted by Gasteiger charge is 2.20. The molecule has 1 rings (SSSR count). The van der Waals surface area contributed by atoms with E-state index in [0.717, 1.165) is 19.5 Å². The maximum absolute atomic E-state index is 5.70. The first-order valence-corrected chi connectivity index (χ1v) is 6.40. The van der Waals surface area contributed by atoms with Crippen molar-refractivity contribution in [2.24, 2.45) is 5.73 Å². The molecule has 0 bridgehead atoms. The van der Waals surface area contributed by atoms with Crippen molar-refractivity contribution in [1.82, 2.24) is 5.32 Å². The van der Waals surface area contributed by atoms with Gasteiger partial charge in [0.05, 0.1) is 0 Å². The zero-order valence-corrected chi connectivity index (χ0v) is 10.7. The van der Waals surface area contributed by atoms with Gasteiger partial charge in [-0.2, -0.15) is 0 Å². The van der Waals surface area contributed by atoms with Crippen molar-refractivity contribution in [2.75, 3.05) is 13.1 Å². The first-order valence-electron chi connectivity index (χ1n) is 5.52. The van der Waals surface area contributed by atoms with Crippen LogP contribution in [0.1, 0.15) is 32.1 Å². The van der Waals surface area contributed by atoms with Crippen molar-refractivity contribution in [2.45, 2.75) is 38.6 Å². The SMILES string of the molecule is CC(N)CCNCC(C)(C)c1cccs1. The minimum Gasteiger partial charge on any atom is -0.328 e. The van der Waals surface area contributed by atoms with Gasteiger partial charge in [-0.15, -0.1) is 11.3 Å². The highest BCUT2D eigenvalue weighted by atomic mass is 32.1. The molecule has 1 aromatic heterocycles. The number of thiophene rings is 1. The lowest BCUT2D eigenvalue weighted by Crippen LogP contribution is -2.34. The van der Waals surface area contributed by atoms with Crippen molar-refractivity contribution >= 4 is 11.3 Å². The molecule has 0 spiro atoms. The van der Waals surface area contributed by atoms with Crippen LogP contribution in [0, 0.1) is 0 Å². The quantitative estimate of drug-likeness (QED) is 0.731. The predicted molar refractivity (Wildman–Crippen MR) is 68.5 cm³/mol. The number of nitrogens with one attached hydrogen (secondary N) is 1. The molecule has 1 atom stereocenters. The van der Waals surface area contributed by atoms with Crippen LogP contribution in [-0.2, 0) is 5.41 Å². The summed E-state index contributed by atoms with van der Waals surface area (Å²) in [7, 11) is 0. The van der Waals surface area contributed by atoms with Crippen LogP contribution in [0.4, 0.5) is 0 Å². The fraction of sp³-hybridized carbons (Fsp3) is 0.667. The third-order valence-electron chi connectivity index (χ3n) is 2.53. The fourth-order valence-corrected chi connectivity index (χ4v) is 2.33. The Morgan fingerprint density at radius 1 is 1.53 bits per heavy atom. The summed E-state index contributed by atoms with van der Waals surface area (Å²) in [6.45, 7) is 8.62. The van der Waals surface area contributed by atoms with Crippen molar-refractivity contribution < 1.29 is 0 Å². The lowest BCUT2D eigenvalue weighted by molar-refractivity contribution is 0.465. The summed E-state index contributed by atoms with van der Waals surface area (Å²) in [5.74, 6) is 0. The van der Waals surface area contributed by atoms with Crippen molar-refractivity contribution in [3.63, 3.8) is 0 Å². The Morgan fingerprint density at radius 2 is 2.27 bits per heavy atom. The summed E-state index contributed by atoms with van der Waals surface area (Å²) in [5.41, 5.74) is 5.93. The number of nitrogens with two attached hydrogens (primary N) is 1. The van der Waals surface area contributed by atoms with E-state index in [4.69, 9.17) is 5.73 Å². The standard InChI is InChI=1S/C12H22N2S/c1-10(13)6-7-14-9-12(2,3)11-5-4-8-15-11/h4-5,8,10,14H,6-7,9,13H2,1-3H3. The lowest BCUT2D eigenvalue weighted by atomic mass is 9.91. The average molecular weight is 226 g/mol. The van der Waals surface area contributed by atoms with Gasteiger partial charge < -0.3 is 11.1 Å². The number of hydrogen-bond acceptors (Lipinski definition) is 3. The van der Waals surface area contributed by atoms with Crippen molar-refractivity contribution in [3.05, 3.63) is 22.4 Å². The van der Waals surface area contributed by atoms with Crippen LogP contribution < -0.4 is 11.1 Å². The fourth-order valence-electron chi connectivity index (χ4n) is 1.48. The average Bonchev–Trinajstić information content (AvgIpc) is 2.65. The Morgan fingerprint density at radius 3 is 2.80 bits per heavy atom. The Labute approximate surface area is 96.9 Å². The van der Waals surface area contributed by atoms with Crippen LogP contribution in [0.25, 0.3) is 0 Å². The van der Waals surface area contributed by atoms with Gasteiger partial charge in [0.1, 0.15) is 0 Å². The monoisotopic (exact) mass is 226 g/mol. The summed E-state index contributed by atoms with van der Waals surface area (Å²) in [6.07, 6.45) is 1.04. The number of rotatable bonds is 6. The van der Waals surface area contributed by atoms with E-state index in [9.17, 15) is 0 Å². The molecular weight excluding hydrogens is 204 g/mol. The Balaban J connectivity index is 2.31. The minimum atomic E-state index is 0.228. The van der Waals surface area contributed by atoms with E-state index in [1.165, 1.54) is 4.88 Å². The number of hydrogen-bond donors (Lipinski definition) is 2. The van der Waals surface area contributed by atoms with Gasteiger partial charge in [0, 0.05) is 22.9 Å². The van der Waals surface area contributed by atoms with Gasteiger partial charge in [0.15, 0.2) is 0 Å². The van der Waals surface area contributed by atoms with Gasteiger partial charge in [-0.05, 0) is 31.3 Å². The Bertz CT molecular complexity index is 265. The van der Waals surface area contributed by atoms with E-state index in [2.05, 4.69) is 36.7 Å². The van der Waals surface area contributed by atoms with Crippen LogP contribution in [-0.4, -0.2) is 19.1 Å². The Hall–Kier alpha value is -0.380. The zero-order chi connectivity index (χ0) is 11.3. The van der Waals surface area contributed by atoms with Crippen LogP contribution in [0.3, 0.4) is 0 Å². The molecule has 0 radical (unpaired) electrons. The van der Waals surface area contributed by atoms with Gasteiger partial charge in [-0.3, -0.25) is 0 Å². The maximum Gasteiger partial charge on any atom is 0.0115 e. The molecule has 3 N–H and O–H groups in total. The third kappa shape index (κ3) is 4.33. The van der Waals surface area contributed by atoms with Gasteiger partial charge in [-0.1, -0.05) is 19.9 Å². The van der Waals surface area contributed by atoms with E-state index in [1.54, 1.807) is 0 Å². The predicted octanol–water partition coefficient (Wildman–Crippen LogP) is 2.35. The molecule has 15 heavy (non-hydrogen) atoms. The van der Waals surface area contributed by atoms with Gasteiger partial charge in [-0.25, -0.2) is 0 Å². The summed E-state index contributed by atoms with van der Waals surface area (Å²) in [5, 5.41) is 5.61. The summed E-state index contributed by atoms with van der Waals surface area (Å²) in [4.78, 5) is 1.44. The minimum absolute atomic E-state index is 0.228. The highest BCUT2D eigenvalue weighted by Crippen LogP contribution is 2.26. The zero-order valence-electron chi connectivity index (χ0n) is 9.92. The van der Waals surface area contributed by atoms with Crippen LogP contribution in [0.2, 0.25) is 0 Å². The molecule has 0 aliphatic rings. The molecule has 86 valence electrons. The molecular formula is C12H22N2S. The van der Waals surface area contributed by atoms with E-state index in [0.29, 0.717) is 6.04 Å². The second-order valence-electron chi connectivity index (χ2n) is 4.80. The van der Waals surface area contributed by atoms with Crippen molar-refractivity contribution in [3.8, 4) is 0 Å². The van der Waals surface area contributed by atoms with E-state index >= 15 is 0 Å². The second-order valence-corrected chi connectivity index (χ2v) is 5.75. The van der Waals surface area contributed by atoms with Gasteiger partial charge in [0.25, 0.3) is 0 Å².